The number of halogens is 3. The number of aldehydes is 1. The standard InChI is InChI=1S/C16H14F3N5O/c17-16(18,19)12-3-7-14(8-4-12)24-15(10-25)23(21-22-24)9-11-1-5-13(20)6-2-11/h1-8,10,15H,9,20H2. The molecule has 1 unspecified atom stereocenters. The van der Waals surface area contributed by atoms with E-state index in [4.69, 9.17) is 5.73 Å². The quantitative estimate of drug-likeness (QED) is 0.678. The van der Waals surface area contributed by atoms with Crippen LogP contribution in [0.15, 0.2) is 59.0 Å². The van der Waals surface area contributed by atoms with Gasteiger partial charge in [-0.15, -0.1) is 0 Å². The van der Waals surface area contributed by atoms with Gasteiger partial charge in [-0.25, -0.2) is 10.0 Å². The maximum atomic E-state index is 12.6. The van der Waals surface area contributed by atoms with Crippen LogP contribution in [-0.4, -0.2) is 17.5 Å². The molecular formula is C16H14F3N5O. The Morgan fingerprint density at radius 3 is 2.24 bits per heavy atom. The highest BCUT2D eigenvalue weighted by Crippen LogP contribution is 2.32. The van der Waals surface area contributed by atoms with E-state index in [-0.39, 0.29) is 0 Å². The van der Waals surface area contributed by atoms with Crippen LogP contribution in [0.4, 0.5) is 24.5 Å². The second-order valence-electron chi connectivity index (χ2n) is 5.46. The van der Waals surface area contributed by atoms with E-state index in [0.29, 0.717) is 24.2 Å². The van der Waals surface area contributed by atoms with E-state index < -0.39 is 17.9 Å². The Kier molecular flexibility index (Phi) is 4.30. The van der Waals surface area contributed by atoms with E-state index in [1.807, 2.05) is 0 Å². The van der Waals surface area contributed by atoms with Crippen LogP contribution in [0.25, 0.3) is 0 Å². The zero-order chi connectivity index (χ0) is 18.0. The fourth-order valence-electron chi connectivity index (χ4n) is 2.40. The third-order valence-corrected chi connectivity index (χ3v) is 3.71. The van der Waals surface area contributed by atoms with Gasteiger partial charge in [0.15, 0.2) is 12.5 Å². The maximum Gasteiger partial charge on any atom is 0.416 e. The summed E-state index contributed by atoms with van der Waals surface area (Å²) in [5.74, 6) is 0. The first-order valence-electron chi connectivity index (χ1n) is 7.33. The van der Waals surface area contributed by atoms with Gasteiger partial charge in [0.1, 0.15) is 0 Å². The first kappa shape index (κ1) is 16.7. The van der Waals surface area contributed by atoms with Crippen molar-refractivity contribution < 1.29 is 18.0 Å². The zero-order valence-corrected chi connectivity index (χ0v) is 12.9. The lowest BCUT2D eigenvalue weighted by Gasteiger charge is -2.23. The molecule has 0 amide bonds. The highest BCUT2D eigenvalue weighted by atomic mass is 19.4. The van der Waals surface area contributed by atoms with Crippen LogP contribution < -0.4 is 10.7 Å². The van der Waals surface area contributed by atoms with Crippen LogP contribution in [0, 0.1) is 0 Å². The summed E-state index contributed by atoms with van der Waals surface area (Å²) in [5.41, 5.74) is 6.69. The van der Waals surface area contributed by atoms with Crippen molar-refractivity contribution in [2.75, 3.05) is 10.7 Å². The summed E-state index contributed by atoms with van der Waals surface area (Å²) in [6.45, 7) is 0.310. The second-order valence-corrected chi connectivity index (χ2v) is 5.46. The van der Waals surface area contributed by atoms with Crippen molar-refractivity contribution in [1.29, 1.82) is 0 Å². The largest absolute Gasteiger partial charge is 0.416 e. The minimum absolute atomic E-state index is 0.310. The Balaban J connectivity index is 1.76. The summed E-state index contributed by atoms with van der Waals surface area (Å²) < 4.78 is 37.9. The molecule has 3 rings (SSSR count). The number of anilines is 2. The molecule has 1 aliphatic rings. The van der Waals surface area contributed by atoms with E-state index >= 15 is 0 Å². The van der Waals surface area contributed by atoms with Gasteiger partial charge < -0.3 is 5.73 Å². The minimum atomic E-state index is -4.42. The SMILES string of the molecule is Nc1ccc(CN2N=NN(c3ccc(C(F)(F)F)cc3)C2C=O)cc1. The molecule has 1 aliphatic heterocycles. The van der Waals surface area contributed by atoms with Crippen LogP contribution in [-0.2, 0) is 17.5 Å². The van der Waals surface area contributed by atoms with Crippen LogP contribution >= 0.6 is 0 Å². The van der Waals surface area contributed by atoms with Crippen LogP contribution in [0.3, 0.4) is 0 Å². The molecule has 0 aromatic heterocycles. The lowest BCUT2D eigenvalue weighted by molar-refractivity contribution is -0.137. The van der Waals surface area contributed by atoms with Gasteiger partial charge in [-0.3, -0.25) is 4.79 Å². The Morgan fingerprint density at radius 1 is 1.04 bits per heavy atom. The van der Waals surface area contributed by atoms with Gasteiger partial charge >= 0.3 is 6.18 Å². The number of alkyl halides is 3. The molecule has 0 saturated heterocycles. The van der Waals surface area contributed by atoms with Crippen molar-refractivity contribution in [3.63, 3.8) is 0 Å². The summed E-state index contributed by atoms with van der Waals surface area (Å²) >= 11 is 0. The third-order valence-electron chi connectivity index (χ3n) is 3.71. The van der Waals surface area contributed by atoms with E-state index in [1.165, 1.54) is 22.2 Å². The molecule has 1 atom stereocenters. The van der Waals surface area contributed by atoms with Crippen LogP contribution in [0.2, 0.25) is 0 Å². The van der Waals surface area contributed by atoms with Gasteiger partial charge in [-0.05, 0) is 47.2 Å². The van der Waals surface area contributed by atoms with Crippen molar-refractivity contribution >= 4 is 17.7 Å². The molecule has 0 spiro atoms. The number of carbonyl (C=O) groups excluding carboxylic acids is 1. The van der Waals surface area contributed by atoms with Crippen molar-refractivity contribution in [2.45, 2.75) is 18.9 Å². The van der Waals surface area contributed by atoms with Crippen molar-refractivity contribution in [1.82, 2.24) is 5.01 Å². The monoisotopic (exact) mass is 349 g/mol. The van der Waals surface area contributed by atoms with Crippen molar-refractivity contribution in [2.24, 2.45) is 10.4 Å². The molecule has 0 saturated carbocycles. The van der Waals surface area contributed by atoms with E-state index in [1.54, 1.807) is 24.3 Å². The van der Waals surface area contributed by atoms with Crippen molar-refractivity contribution in [3.8, 4) is 0 Å². The van der Waals surface area contributed by atoms with E-state index in [9.17, 15) is 18.0 Å². The Bertz CT molecular complexity index is 774. The fraction of sp³-hybridized carbons (Fsp3) is 0.188. The van der Waals surface area contributed by atoms with E-state index in [2.05, 4.69) is 10.4 Å². The lowest BCUT2D eigenvalue weighted by atomic mass is 10.2. The minimum Gasteiger partial charge on any atom is -0.399 e. The number of benzene rings is 2. The summed E-state index contributed by atoms with van der Waals surface area (Å²) in [6.07, 6.45) is -4.63. The Labute approximate surface area is 141 Å². The number of nitrogens with two attached hydrogens (primary N) is 1. The molecule has 6 nitrogen and oxygen atoms in total. The predicted octanol–water partition coefficient (Wildman–Crippen LogP) is 3.42. The molecule has 9 heteroatoms. The normalized spacial score (nSPS) is 17.2. The zero-order valence-electron chi connectivity index (χ0n) is 12.9. The van der Waals surface area contributed by atoms with Gasteiger partial charge in [-0.1, -0.05) is 17.4 Å². The number of hydrogen-bond acceptors (Lipinski definition) is 6. The molecule has 0 bridgehead atoms. The first-order chi connectivity index (χ1) is 11.9. The molecule has 2 aromatic carbocycles. The second kappa shape index (κ2) is 6.42. The molecule has 2 N–H and O–H groups in total. The summed E-state index contributed by atoms with van der Waals surface area (Å²) in [7, 11) is 0. The average molecular weight is 349 g/mol. The Hall–Kier alpha value is -3.10. The third kappa shape index (κ3) is 3.54. The molecule has 0 radical (unpaired) electrons. The molecule has 2 aromatic rings. The predicted molar refractivity (Wildman–Crippen MR) is 85.0 cm³/mol. The molecule has 0 aliphatic carbocycles. The van der Waals surface area contributed by atoms with Gasteiger partial charge in [0, 0.05) is 5.69 Å². The lowest BCUT2D eigenvalue weighted by Crippen LogP contribution is -2.39. The van der Waals surface area contributed by atoms with Gasteiger partial charge in [0.2, 0.25) is 0 Å². The first-order valence-corrected chi connectivity index (χ1v) is 7.33. The highest BCUT2D eigenvalue weighted by molar-refractivity contribution is 5.65. The number of hydrogen-bond donors (Lipinski definition) is 1. The van der Waals surface area contributed by atoms with Gasteiger partial charge in [0.25, 0.3) is 0 Å². The maximum absolute atomic E-state index is 12.6. The van der Waals surface area contributed by atoms with Gasteiger partial charge in [0.05, 0.1) is 17.8 Å². The molecule has 130 valence electrons. The topological polar surface area (TPSA) is 74.3 Å². The summed E-state index contributed by atoms with van der Waals surface area (Å²) in [5, 5.41) is 10.5. The van der Waals surface area contributed by atoms with Crippen LogP contribution in [0.5, 0.6) is 0 Å². The van der Waals surface area contributed by atoms with Crippen molar-refractivity contribution in [3.05, 3.63) is 59.7 Å². The molecule has 1 heterocycles. The number of carbonyl (C=O) groups is 1. The summed E-state index contributed by atoms with van der Waals surface area (Å²) in [4.78, 5) is 11.5. The Morgan fingerprint density at radius 2 is 1.68 bits per heavy atom. The summed E-state index contributed by atoms with van der Waals surface area (Å²) in [6, 6.07) is 11.4. The van der Waals surface area contributed by atoms with Crippen LogP contribution in [0.1, 0.15) is 11.1 Å². The van der Waals surface area contributed by atoms with E-state index in [0.717, 1.165) is 17.7 Å². The number of nitrogens with zero attached hydrogens (tertiary/aromatic N) is 4. The molecule has 25 heavy (non-hydrogen) atoms. The number of nitrogen functional groups attached to an aromatic ring is 1. The fourth-order valence-corrected chi connectivity index (χ4v) is 2.40. The number of rotatable bonds is 4. The average Bonchev–Trinajstić information content (AvgIpc) is 2.99. The molecule has 0 fully saturated rings. The smallest absolute Gasteiger partial charge is 0.399 e. The highest BCUT2D eigenvalue weighted by Gasteiger charge is 2.33. The molecular weight excluding hydrogens is 335 g/mol. The van der Waals surface area contributed by atoms with Gasteiger partial charge in [-0.2, -0.15) is 13.2 Å².